The first kappa shape index (κ1) is 22.0. The van der Waals surface area contributed by atoms with E-state index in [1.807, 2.05) is 30.3 Å². The fourth-order valence-electron chi connectivity index (χ4n) is 3.05. The third kappa shape index (κ3) is 5.10. The highest BCUT2D eigenvalue weighted by Crippen LogP contribution is 2.35. The lowest BCUT2D eigenvalue weighted by Gasteiger charge is -2.09. The number of hydrogen-bond acceptors (Lipinski definition) is 6. The van der Waals surface area contributed by atoms with E-state index < -0.39 is 11.9 Å². The van der Waals surface area contributed by atoms with Gasteiger partial charge in [0.05, 0.1) is 36.8 Å². The predicted octanol–water partition coefficient (Wildman–Crippen LogP) is 4.29. The molecule has 0 aliphatic heterocycles. The predicted molar refractivity (Wildman–Crippen MR) is 120 cm³/mol. The maximum Gasteiger partial charge on any atom is 0.341 e. The van der Waals surface area contributed by atoms with Gasteiger partial charge in [0.2, 0.25) is 5.91 Å². The quantitative estimate of drug-likeness (QED) is 0.537. The van der Waals surface area contributed by atoms with Crippen molar-refractivity contribution in [3.63, 3.8) is 0 Å². The minimum absolute atomic E-state index is 0.140. The average molecular weight is 439 g/mol. The third-order valence-corrected chi connectivity index (χ3v) is 5.76. The molecule has 0 saturated heterocycles. The van der Waals surface area contributed by atoms with Crippen LogP contribution in [0, 0.1) is 6.92 Å². The van der Waals surface area contributed by atoms with Crippen LogP contribution in [0.5, 0.6) is 5.75 Å². The lowest BCUT2D eigenvalue weighted by Crippen LogP contribution is -2.16. The van der Waals surface area contributed by atoms with E-state index >= 15 is 0 Å². The van der Waals surface area contributed by atoms with E-state index in [1.165, 1.54) is 14.2 Å². The molecule has 2 N–H and O–H groups in total. The number of ether oxygens (including phenoxy) is 2. The van der Waals surface area contributed by atoms with Gasteiger partial charge in [0.15, 0.2) is 0 Å². The van der Waals surface area contributed by atoms with Gasteiger partial charge in [-0.2, -0.15) is 0 Å². The summed E-state index contributed by atoms with van der Waals surface area (Å²) in [6, 6.07) is 16.2. The first-order valence-corrected chi connectivity index (χ1v) is 10.3. The number of rotatable bonds is 7. The number of amides is 2. The fourth-order valence-corrected chi connectivity index (χ4v) is 4.15. The largest absolute Gasteiger partial charge is 0.495 e. The van der Waals surface area contributed by atoms with Gasteiger partial charge in [0.1, 0.15) is 10.8 Å². The van der Waals surface area contributed by atoms with Crippen LogP contribution in [0.25, 0.3) is 0 Å². The van der Waals surface area contributed by atoms with Crippen molar-refractivity contribution in [1.82, 2.24) is 0 Å². The van der Waals surface area contributed by atoms with Gasteiger partial charge >= 0.3 is 5.97 Å². The van der Waals surface area contributed by atoms with Crippen LogP contribution in [0.15, 0.2) is 54.6 Å². The second kappa shape index (κ2) is 9.90. The molecule has 2 amide bonds. The van der Waals surface area contributed by atoms with Crippen molar-refractivity contribution in [2.24, 2.45) is 0 Å². The molecule has 0 spiro atoms. The number of thiophene rings is 1. The molecule has 0 radical (unpaired) electrons. The Morgan fingerprint density at radius 1 is 0.935 bits per heavy atom. The molecule has 8 heteroatoms. The van der Waals surface area contributed by atoms with E-state index in [-0.39, 0.29) is 22.9 Å². The molecule has 2 aromatic carbocycles. The van der Waals surface area contributed by atoms with Gasteiger partial charge in [-0.05, 0) is 30.2 Å². The molecule has 0 fully saturated rings. The first-order chi connectivity index (χ1) is 14.9. The Balaban J connectivity index is 1.88. The monoisotopic (exact) mass is 438 g/mol. The second-order valence-electron chi connectivity index (χ2n) is 6.62. The molecule has 160 valence electrons. The molecule has 0 bridgehead atoms. The van der Waals surface area contributed by atoms with Crippen molar-refractivity contribution in [1.29, 1.82) is 0 Å². The fraction of sp³-hybridized carbons (Fsp3) is 0.174. The number of carbonyl (C=O) groups excluding carboxylic acids is 3. The summed E-state index contributed by atoms with van der Waals surface area (Å²) in [6.07, 6.45) is 0.140. The Labute approximate surface area is 184 Å². The summed E-state index contributed by atoms with van der Waals surface area (Å²) >= 11 is 1.02. The molecule has 31 heavy (non-hydrogen) atoms. The Morgan fingerprint density at radius 2 is 1.61 bits per heavy atom. The lowest BCUT2D eigenvalue weighted by atomic mass is 10.1. The van der Waals surface area contributed by atoms with Gasteiger partial charge in [0, 0.05) is 0 Å². The first-order valence-electron chi connectivity index (χ1n) is 9.44. The Bertz CT molecular complexity index is 1110. The summed E-state index contributed by atoms with van der Waals surface area (Å²) in [7, 11) is 2.76. The molecular weight excluding hydrogens is 416 g/mol. The SMILES string of the molecule is COC(=O)c1c(NC(=O)Cc2ccccc2)sc(C(=O)Nc2ccccc2OC)c1C. The molecule has 0 unspecified atom stereocenters. The standard InChI is InChI=1S/C23H22N2O5S/c1-14-19(23(28)30-3)22(25-18(26)13-15-9-5-4-6-10-15)31-20(14)21(27)24-16-11-7-8-12-17(16)29-2/h4-12H,13H2,1-3H3,(H,24,27)(H,25,26). The zero-order valence-electron chi connectivity index (χ0n) is 17.4. The number of para-hydroxylation sites is 2. The molecule has 7 nitrogen and oxygen atoms in total. The summed E-state index contributed by atoms with van der Waals surface area (Å²) in [5, 5.41) is 5.82. The highest BCUT2D eigenvalue weighted by atomic mass is 32.1. The molecule has 0 saturated carbocycles. The van der Waals surface area contributed by atoms with Crippen LogP contribution in [0.4, 0.5) is 10.7 Å². The molecule has 0 aliphatic rings. The summed E-state index contributed by atoms with van der Waals surface area (Å²) in [5.41, 5.74) is 1.93. The van der Waals surface area contributed by atoms with Crippen molar-refractivity contribution in [2.75, 3.05) is 24.9 Å². The van der Waals surface area contributed by atoms with Crippen LogP contribution in [-0.2, 0) is 16.0 Å². The molecule has 3 aromatic rings. The normalized spacial score (nSPS) is 10.3. The number of esters is 1. The smallest absolute Gasteiger partial charge is 0.341 e. The Hall–Kier alpha value is -3.65. The number of methoxy groups -OCH3 is 2. The molecular formula is C23H22N2O5S. The van der Waals surface area contributed by atoms with Crippen LogP contribution in [-0.4, -0.2) is 32.0 Å². The zero-order valence-corrected chi connectivity index (χ0v) is 18.2. The maximum atomic E-state index is 12.9. The number of anilines is 2. The molecule has 1 heterocycles. The molecule has 0 atom stereocenters. The third-order valence-electron chi connectivity index (χ3n) is 4.56. The van der Waals surface area contributed by atoms with Gasteiger partial charge in [-0.15, -0.1) is 11.3 Å². The van der Waals surface area contributed by atoms with Crippen molar-refractivity contribution in [3.05, 3.63) is 76.2 Å². The van der Waals surface area contributed by atoms with Crippen LogP contribution < -0.4 is 15.4 Å². The topological polar surface area (TPSA) is 93.7 Å². The van der Waals surface area contributed by atoms with Crippen LogP contribution in [0.3, 0.4) is 0 Å². The number of nitrogens with one attached hydrogen (secondary N) is 2. The van der Waals surface area contributed by atoms with Crippen LogP contribution >= 0.6 is 11.3 Å². The van der Waals surface area contributed by atoms with E-state index in [0.717, 1.165) is 16.9 Å². The highest BCUT2D eigenvalue weighted by Gasteiger charge is 2.26. The van der Waals surface area contributed by atoms with Gasteiger partial charge in [-0.1, -0.05) is 42.5 Å². The van der Waals surface area contributed by atoms with Crippen LogP contribution in [0.1, 0.15) is 31.2 Å². The summed E-state index contributed by atoms with van der Waals surface area (Å²) in [6.45, 7) is 1.65. The average Bonchev–Trinajstić information content (AvgIpc) is 3.09. The van der Waals surface area contributed by atoms with Crippen molar-refractivity contribution in [2.45, 2.75) is 13.3 Å². The van der Waals surface area contributed by atoms with Gasteiger partial charge in [-0.3, -0.25) is 9.59 Å². The summed E-state index contributed by atoms with van der Waals surface area (Å²) in [5.74, 6) is -0.829. The van der Waals surface area contributed by atoms with Gasteiger partial charge < -0.3 is 20.1 Å². The molecule has 3 rings (SSSR count). The number of benzene rings is 2. The minimum Gasteiger partial charge on any atom is -0.495 e. The van der Waals surface area contributed by atoms with Crippen molar-refractivity contribution >= 4 is 39.8 Å². The van der Waals surface area contributed by atoms with Gasteiger partial charge in [-0.25, -0.2) is 4.79 Å². The van der Waals surface area contributed by atoms with E-state index in [9.17, 15) is 14.4 Å². The molecule has 1 aromatic heterocycles. The van der Waals surface area contributed by atoms with Crippen molar-refractivity contribution in [3.8, 4) is 5.75 Å². The zero-order chi connectivity index (χ0) is 22.4. The van der Waals surface area contributed by atoms with E-state index in [4.69, 9.17) is 9.47 Å². The second-order valence-corrected chi connectivity index (χ2v) is 7.64. The maximum absolute atomic E-state index is 12.9. The Kier molecular flexibility index (Phi) is 7.04. The van der Waals surface area contributed by atoms with E-state index in [2.05, 4.69) is 10.6 Å². The molecule has 0 aliphatic carbocycles. The van der Waals surface area contributed by atoms with E-state index in [1.54, 1.807) is 31.2 Å². The summed E-state index contributed by atoms with van der Waals surface area (Å²) < 4.78 is 10.1. The number of hydrogen-bond donors (Lipinski definition) is 2. The van der Waals surface area contributed by atoms with Crippen LogP contribution in [0.2, 0.25) is 0 Å². The summed E-state index contributed by atoms with van der Waals surface area (Å²) in [4.78, 5) is 38.1. The van der Waals surface area contributed by atoms with E-state index in [0.29, 0.717) is 21.9 Å². The minimum atomic E-state index is -0.625. The van der Waals surface area contributed by atoms with Gasteiger partial charge in [0.25, 0.3) is 5.91 Å². The van der Waals surface area contributed by atoms with Crippen molar-refractivity contribution < 1.29 is 23.9 Å². The Morgan fingerprint density at radius 3 is 2.29 bits per heavy atom. The number of carbonyl (C=O) groups is 3. The lowest BCUT2D eigenvalue weighted by molar-refractivity contribution is -0.115. The highest BCUT2D eigenvalue weighted by molar-refractivity contribution is 7.19.